The first kappa shape index (κ1) is 17.6. The second-order valence-corrected chi connectivity index (χ2v) is 8.01. The maximum Gasteiger partial charge on any atom is 0.244 e. The Hall–Kier alpha value is -1.80. The fourth-order valence-electron chi connectivity index (χ4n) is 5.07. The molecule has 0 aromatic rings. The minimum atomic E-state index is -0.274. The smallest absolute Gasteiger partial charge is 0.244 e. The van der Waals surface area contributed by atoms with Gasteiger partial charge >= 0.3 is 0 Å². The molecule has 0 bridgehead atoms. The third kappa shape index (κ3) is 3.40. The molecule has 26 heavy (non-hydrogen) atoms. The molecule has 8 nitrogen and oxygen atoms in total. The number of likely N-dealkylation sites (tertiary alicyclic amines) is 2. The highest BCUT2D eigenvalue weighted by Gasteiger charge is 2.40. The van der Waals surface area contributed by atoms with E-state index in [1.165, 1.54) is 0 Å². The Morgan fingerprint density at radius 2 is 0.962 bits per heavy atom. The van der Waals surface area contributed by atoms with Crippen molar-refractivity contribution in [3.63, 3.8) is 0 Å². The number of rotatable bonds is 3. The molecule has 0 radical (unpaired) electrons. The Balaban J connectivity index is 1.25. The van der Waals surface area contributed by atoms with E-state index in [1.54, 1.807) is 0 Å². The van der Waals surface area contributed by atoms with Crippen molar-refractivity contribution < 1.29 is 19.2 Å². The van der Waals surface area contributed by atoms with Crippen LogP contribution in [-0.4, -0.2) is 71.7 Å². The van der Waals surface area contributed by atoms with E-state index in [0.29, 0.717) is 24.7 Å². The molecule has 0 saturated carbocycles. The zero-order valence-electron chi connectivity index (χ0n) is 14.9. The van der Waals surface area contributed by atoms with E-state index in [2.05, 4.69) is 20.4 Å². The molecule has 2 atom stereocenters. The summed E-state index contributed by atoms with van der Waals surface area (Å²) in [6, 6.07) is -0.549. The van der Waals surface area contributed by atoms with Crippen LogP contribution in [0.2, 0.25) is 0 Å². The minimum Gasteiger partial charge on any atom is -0.295 e. The number of hydrogen-bond acceptors (Lipinski definition) is 6. The van der Waals surface area contributed by atoms with Gasteiger partial charge in [0.25, 0.3) is 0 Å². The zero-order chi connectivity index (χ0) is 18.3. The molecule has 8 heteroatoms. The fraction of sp³-hybridized carbons (Fsp3) is 0.778. The van der Waals surface area contributed by atoms with Gasteiger partial charge in [0.05, 0.1) is 24.9 Å². The van der Waals surface area contributed by atoms with Crippen LogP contribution in [-0.2, 0) is 19.2 Å². The monoisotopic (exact) mass is 362 g/mol. The third-order valence-electron chi connectivity index (χ3n) is 6.58. The van der Waals surface area contributed by atoms with Crippen molar-refractivity contribution in [2.45, 2.75) is 50.6 Å². The molecular weight excluding hydrogens is 336 g/mol. The van der Waals surface area contributed by atoms with E-state index in [9.17, 15) is 19.2 Å². The normalized spacial score (nSPS) is 32.9. The summed E-state index contributed by atoms with van der Waals surface area (Å²) in [6.07, 6.45) is 4.83. The minimum absolute atomic E-state index is 0.147. The lowest BCUT2D eigenvalue weighted by molar-refractivity contribution is -0.128. The SMILES string of the molecule is O=C1C[C@@H](N2CCC(C3CCN([C@@H]4CC(=O)NC4=O)CC3)CC2)C(=O)N1. The van der Waals surface area contributed by atoms with Gasteiger partial charge in [-0.3, -0.25) is 39.6 Å². The highest BCUT2D eigenvalue weighted by Crippen LogP contribution is 2.34. The van der Waals surface area contributed by atoms with Crippen LogP contribution in [0.4, 0.5) is 0 Å². The first-order valence-corrected chi connectivity index (χ1v) is 9.67. The van der Waals surface area contributed by atoms with E-state index in [1.807, 2.05) is 0 Å². The molecule has 4 aliphatic heterocycles. The van der Waals surface area contributed by atoms with Gasteiger partial charge < -0.3 is 0 Å². The molecule has 0 aliphatic carbocycles. The Morgan fingerprint density at radius 1 is 0.615 bits per heavy atom. The molecule has 0 aromatic heterocycles. The van der Waals surface area contributed by atoms with Crippen LogP contribution in [0.15, 0.2) is 0 Å². The summed E-state index contributed by atoms with van der Waals surface area (Å²) < 4.78 is 0. The second kappa shape index (κ2) is 7.08. The Bertz CT molecular complexity index is 567. The van der Waals surface area contributed by atoms with E-state index in [0.717, 1.165) is 51.9 Å². The van der Waals surface area contributed by atoms with Crippen molar-refractivity contribution >= 4 is 23.6 Å². The van der Waals surface area contributed by atoms with Crippen LogP contribution in [0.5, 0.6) is 0 Å². The number of amides is 4. The first-order chi connectivity index (χ1) is 12.5. The molecule has 4 heterocycles. The van der Waals surface area contributed by atoms with Crippen LogP contribution < -0.4 is 10.6 Å². The molecule has 4 saturated heterocycles. The topological polar surface area (TPSA) is 98.8 Å². The number of piperidine rings is 2. The van der Waals surface area contributed by atoms with Crippen molar-refractivity contribution in [3.8, 4) is 0 Å². The van der Waals surface area contributed by atoms with Crippen LogP contribution in [0.25, 0.3) is 0 Å². The number of nitrogens with zero attached hydrogens (tertiary/aromatic N) is 2. The number of nitrogens with one attached hydrogen (secondary N) is 2. The number of carbonyl (C=O) groups is 4. The van der Waals surface area contributed by atoms with Crippen LogP contribution in [0.3, 0.4) is 0 Å². The van der Waals surface area contributed by atoms with Crippen molar-refractivity contribution in [2.75, 3.05) is 26.2 Å². The predicted octanol–water partition coefficient (Wildman–Crippen LogP) is -0.759. The summed E-state index contributed by atoms with van der Waals surface area (Å²) in [5.74, 6) is 0.672. The Labute approximate surface area is 152 Å². The molecule has 142 valence electrons. The van der Waals surface area contributed by atoms with Crippen molar-refractivity contribution in [1.82, 2.24) is 20.4 Å². The summed E-state index contributed by atoms with van der Waals surface area (Å²) in [5.41, 5.74) is 0. The summed E-state index contributed by atoms with van der Waals surface area (Å²) in [7, 11) is 0. The summed E-state index contributed by atoms with van der Waals surface area (Å²) in [5, 5.41) is 4.79. The molecule has 0 unspecified atom stereocenters. The maximum atomic E-state index is 11.8. The molecule has 4 fully saturated rings. The summed E-state index contributed by atoms with van der Waals surface area (Å²) in [6.45, 7) is 3.48. The lowest BCUT2D eigenvalue weighted by Gasteiger charge is -2.42. The van der Waals surface area contributed by atoms with Gasteiger partial charge in [-0.05, 0) is 63.7 Å². The van der Waals surface area contributed by atoms with Crippen molar-refractivity contribution in [1.29, 1.82) is 0 Å². The highest BCUT2D eigenvalue weighted by molar-refractivity contribution is 6.06. The van der Waals surface area contributed by atoms with Crippen molar-refractivity contribution in [2.24, 2.45) is 11.8 Å². The lowest BCUT2D eigenvalue weighted by atomic mass is 9.78. The molecular formula is C18H26N4O4. The van der Waals surface area contributed by atoms with Gasteiger partial charge in [-0.25, -0.2) is 0 Å². The Morgan fingerprint density at radius 3 is 1.23 bits per heavy atom. The van der Waals surface area contributed by atoms with E-state index >= 15 is 0 Å². The average molecular weight is 362 g/mol. The first-order valence-electron chi connectivity index (χ1n) is 9.67. The predicted molar refractivity (Wildman–Crippen MR) is 91.7 cm³/mol. The molecule has 0 aromatic carbocycles. The van der Waals surface area contributed by atoms with Gasteiger partial charge in [0.1, 0.15) is 0 Å². The third-order valence-corrected chi connectivity index (χ3v) is 6.58. The van der Waals surface area contributed by atoms with Crippen LogP contribution in [0.1, 0.15) is 38.5 Å². The lowest BCUT2D eigenvalue weighted by Crippen LogP contribution is -2.48. The Kier molecular flexibility index (Phi) is 4.79. The molecule has 2 N–H and O–H groups in total. The number of carbonyl (C=O) groups excluding carboxylic acids is 4. The largest absolute Gasteiger partial charge is 0.295 e. The average Bonchev–Trinajstić information content (AvgIpc) is 3.15. The molecule has 0 spiro atoms. The van der Waals surface area contributed by atoms with Gasteiger partial charge in [0.2, 0.25) is 23.6 Å². The van der Waals surface area contributed by atoms with E-state index in [4.69, 9.17) is 0 Å². The zero-order valence-corrected chi connectivity index (χ0v) is 14.9. The van der Waals surface area contributed by atoms with Gasteiger partial charge in [-0.1, -0.05) is 0 Å². The van der Waals surface area contributed by atoms with Gasteiger partial charge in [-0.2, -0.15) is 0 Å². The number of hydrogen-bond donors (Lipinski definition) is 2. The highest BCUT2D eigenvalue weighted by atomic mass is 16.2. The van der Waals surface area contributed by atoms with Gasteiger partial charge in [0.15, 0.2) is 0 Å². The summed E-state index contributed by atoms with van der Waals surface area (Å²) in [4.78, 5) is 50.8. The van der Waals surface area contributed by atoms with Gasteiger partial charge in [-0.15, -0.1) is 0 Å². The molecule has 4 amide bonds. The van der Waals surface area contributed by atoms with E-state index in [-0.39, 0.29) is 35.7 Å². The number of imide groups is 2. The van der Waals surface area contributed by atoms with Crippen molar-refractivity contribution in [3.05, 3.63) is 0 Å². The van der Waals surface area contributed by atoms with Gasteiger partial charge in [0, 0.05) is 0 Å². The van der Waals surface area contributed by atoms with Crippen LogP contribution in [0, 0.1) is 11.8 Å². The van der Waals surface area contributed by atoms with Crippen LogP contribution >= 0.6 is 0 Å². The quantitative estimate of drug-likeness (QED) is 0.641. The standard InChI is InChI=1S/C18H26N4O4/c23-15-9-13(17(25)19-15)21-5-1-11(2-6-21)12-3-7-22(8-4-12)14-10-16(24)20-18(14)26/h11-14H,1-10H2,(H,19,23,25)(H,20,24,26)/t13-,14-/m1/s1. The van der Waals surface area contributed by atoms with E-state index < -0.39 is 0 Å². The maximum absolute atomic E-state index is 11.8. The summed E-state index contributed by atoms with van der Waals surface area (Å²) >= 11 is 0. The molecule has 4 rings (SSSR count). The second-order valence-electron chi connectivity index (χ2n) is 8.01. The molecule has 4 aliphatic rings. The fourth-order valence-corrected chi connectivity index (χ4v) is 5.07.